The Kier molecular flexibility index (Phi) is 7.88. The molecule has 9 aromatic rings. The number of benzene rings is 5. The van der Waals surface area contributed by atoms with E-state index in [1.807, 2.05) is 18.3 Å². The first-order valence-electron chi connectivity index (χ1n) is 17.1. The standard InChI is InChI=1S/C45H36N4O.Pt/c1-27-20-28(2)42(29(3)21-27)39-26-48-40-15-9-7-12-35(40)34-18-17-32(25-38(34)44(48)47-39)50-33-23-30(45(4,5)6)22-31(24-33)49-41-16-10-8-13-36(41)37-14-11-19-46-43(37)49;/h7-23,26H,1-6H3;/q-2;+2. The Morgan fingerprint density at radius 3 is 2.10 bits per heavy atom. The van der Waals surface area contributed by atoms with E-state index in [-0.39, 0.29) is 26.5 Å². The van der Waals surface area contributed by atoms with Crippen LogP contribution in [0.2, 0.25) is 0 Å². The third-order valence-electron chi connectivity index (χ3n) is 9.83. The maximum absolute atomic E-state index is 6.71. The van der Waals surface area contributed by atoms with Crippen LogP contribution in [0.25, 0.3) is 66.2 Å². The molecule has 9 rings (SSSR count). The van der Waals surface area contributed by atoms with Crippen LogP contribution in [0.3, 0.4) is 0 Å². The van der Waals surface area contributed by atoms with Gasteiger partial charge in [-0.2, -0.15) is 0 Å². The summed E-state index contributed by atoms with van der Waals surface area (Å²) in [6.07, 6.45) is 4.01. The minimum Gasteiger partial charge on any atom is -0.503 e. The van der Waals surface area contributed by atoms with Gasteiger partial charge in [-0.05, 0) is 67.0 Å². The summed E-state index contributed by atoms with van der Waals surface area (Å²) in [5, 5.41) is 5.39. The summed E-state index contributed by atoms with van der Waals surface area (Å²) in [7, 11) is 0. The molecule has 0 aliphatic carbocycles. The summed E-state index contributed by atoms with van der Waals surface area (Å²) < 4.78 is 11.1. The Labute approximate surface area is 311 Å². The summed E-state index contributed by atoms with van der Waals surface area (Å²) in [4.78, 5) is 10.1. The van der Waals surface area contributed by atoms with Gasteiger partial charge < -0.3 is 13.7 Å². The van der Waals surface area contributed by atoms with E-state index < -0.39 is 0 Å². The second-order valence-corrected chi connectivity index (χ2v) is 14.4. The van der Waals surface area contributed by atoms with Crippen LogP contribution in [-0.2, 0) is 26.5 Å². The van der Waals surface area contributed by atoms with E-state index >= 15 is 0 Å². The van der Waals surface area contributed by atoms with Crippen molar-refractivity contribution in [2.45, 2.75) is 47.0 Å². The number of aryl methyl sites for hydroxylation is 3. The smallest absolute Gasteiger partial charge is 0.503 e. The summed E-state index contributed by atoms with van der Waals surface area (Å²) in [5.74, 6) is 1.23. The van der Waals surface area contributed by atoms with Crippen molar-refractivity contribution in [1.82, 2.24) is 18.9 Å². The molecule has 0 radical (unpaired) electrons. The minimum absolute atomic E-state index is 0. The average molecular weight is 844 g/mol. The number of fused-ring (bicyclic) bond motifs is 9. The monoisotopic (exact) mass is 843 g/mol. The number of nitrogens with zero attached hydrogens (tertiary/aromatic N) is 4. The molecule has 0 amide bonds. The second kappa shape index (κ2) is 12.2. The summed E-state index contributed by atoms with van der Waals surface area (Å²) in [6, 6.07) is 41.2. The molecule has 0 aliphatic heterocycles. The predicted molar refractivity (Wildman–Crippen MR) is 205 cm³/mol. The average Bonchev–Trinajstić information content (AvgIpc) is 3.68. The van der Waals surface area contributed by atoms with Crippen molar-refractivity contribution < 1.29 is 25.8 Å². The maximum Gasteiger partial charge on any atom is 2.00 e. The van der Waals surface area contributed by atoms with E-state index in [0.717, 1.165) is 66.2 Å². The molecule has 0 atom stereocenters. The third-order valence-corrected chi connectivity index (χ3v) is 9.83. The largest absolute Gasteiger partial charge is 2.00 e. The second-order valence-electron chi connectivity index (χ2n) is 14.4. The Morgan fingerprint density at radius 2 is 1.35 bits per heavy atom. The number of hydrogen-bond acceptors (Lipinski definition) is 3. The normalized spacial score (nSPS) is 12.0. The van der Waals surface area contributed by atoms with Crippen LogP contribution in [0.5, 0.6) is 11.5 Å². The molecule has 5 nitrogen and oxygen atoms in total. The number of aromatic nitrogens is 4. The fourth-order valence-corrected chi connectivity index (χ4v) is 7.59. The van der Waals surface area contributed by atoms with Crippen molar-refractivity contribution in [3.63, 3.8) is 0 Å². The number of para-hydroxylation sites is 2. The molecule has 0 saturated carbocycles. The van der Waals surface area contributed by atoms with Crippen LogP contribution >= 0.6 is 0 Å². The molecule has 0 unspecified atom stereocenters. The quantitative estimate of drug-likeness (QED) is 0.131. The van der Waals surface area contributed by atoms with Crippen molar-refractivity contribution in [2.24, 2.45) is 0 Å². The topological polar surface area (TPSA) is 44.4 Å². The summed E-state index contributed by atoms with van der Waals surface area (Å²) in [6.45, 7) is 13.1. The van der Waals surface area contributed by atoms with Gasteiger partial charge in [-0.1, -0.05) is 97.4 Å². The molecule has 0 bridgehead atoms. The zero-order chi connectivity index (χ0) is 34.3. The summed E-state index contributed by atoms with van der Waals surface area (Å²) >= 11 is 0. The van der Waals surface area contributed by atoms with Gasteiger partial charge in [-0.3, -0.25) is 4.98 Å². The zero-order valence-corrected chi connectivity index (χ0v) is 31.7. The fraction of sp³-hybridized carbons (Fsp3) is 0.156. The van der Waals surface area contributed by atoms with Crippen molar-refractivity contribution in [3.05, 3.63) is 144 Å². The fourth-order valence-electron chi connectivity index (χ4n) is 7.59. The van der Waals surface area contributed by atoms with Crippen LogP contribution < -0.4 is 4.74 Å². The first-order valence-corrected chi connectivity index (χ1v) is 17.1. The Morgan fingerprint density at radius 1 is 0.667 bits per heavy atom. The molecule has 4 heterocycles. The molecule has 51 heavy (non-hydrogen) atoms. The van der Waals surface area contributed by atoms with Crippen LogP contribution in [-0.4, -0.2) is 18.9 Å². The van der Waals surface area contributed by atoms with E-state index in [1.165, 1.54) is 22.3 Å². The minimum atomic E-state index is -0.134. The first kappa shape index (κ1) is 32.9. The van der Waals surface area contributed by atoms with Crippen LogP contribution in [0.15, 0.2) is 109 Å². The molecule has 4 aromatic heterocycles. The van der Waals surface area contributed by atoms with Gasteiger partial charge in [0.15, 0.2) is 0 Å². The SMILES string of the molecule is Cc1cc(C)c(-c2cn3c4ccccc4c4ccc(Oc5[c-]c(-n6c7ccccc7c7cccnc76)cc(C(C)(C)C)c5)[c-]c4c3n2)c(C)c1.[Pt+2]. The third kappa shape index (κ3) is 5.43. The molecule has 0 saturated heterocycles. The molecular weight excluding hydrogens is 808 g/mol. The molecular formula is C45H36N4OPt. The molecule has 252 valence electrons. The Hall–Kier alpha value is -5.25. The number of ether oxygens (including phenoxy) is 1. The van der Waals surface area contributed by atoms with Gasteiger partial charge in [0.25, 0.3) is 0 Å². The van der Waals surface area contributed by atoms with Crippen LogP contribution in [0, 0.1) is 32.9 Å². The van der Waals surface area contributed by atoms with Gasteiger partial charge in [0.1, 0.15) is 5.65 Å². The van der Waals surface area contributed by atoms with Crippen LogP contribution in [0.1, 0.15) is 43.0 Å². The molecule has 0 spiro atoms. The van der Waals surface area contributed by atoms with E-state index in [2.05, 4.69) is 154 Å². The van der Waals surface area contributed by atoms with Gasteiger partial charge in [-0.25, -0.2) is 4.98 Å². The molecule has 6 heteroatoms. The molecule has 0 fully saturated rings. The molecule has 0 N–H and O–H groups in total. The van der Waals surface area contributed by atoms with Gasteiger partial charge >= 0.3 is 21.1 Å². The Bertz CT molecular complexity index is 2740. The van der Waals surface area contributed by atoms with Crippen molar-refractivity contribution in [1.29, 1.82) is 0 Å². The summed E-state index contributed by atoms with van der Waals surface area (Å²) in [5.41, 5.74) is 11.6. The number of imidazole rings is 1. The maximum atomic E-state index is 6.71. The van der Waals surface area contributed by atoms with Gasteiger partial charge in [0, 0.05) is 45.7 Å². The van der Waals surface area contributed by atoms with E-state index in [9.17, 15) is 0 Å². The van der Waals surface area contributed by atoms with Gasteiger partial charge in [0.05, 0.1) is 16.9 Å². The molecule has 0 aliphatic rings. The van der Waals surface area contributed by atoms with E-state index in [4.69, 9.17) is 14.7 Å². The first-order chi connectivity index (χ1) is 24.1. The predicted octanol–water partition coefficient (Wildman–Crippen LogP) is 11.4. The van der Waals surface area contributed by atoms with Crippen molar-refractivity contribution >= 4 is 49.3 Å². The van der Waals surface area contributed by atoms with E-state index in [0.29, 0.717) is 11.5 Å². The van der Waals surface area contributed by atoms with E-state index in [1.54, 1.807) is 0 Å². The molecule has 5 aromatic carbocycles. The number of pyridine rings is 2. The van der Waals surface area contributed by atoms with Crippen LogP contribution in [0.4, 0.5) is 0 Å². The van der Waals surface area contributed by atoms with Crippen molar-refractivity contribution in [2.75, 3.05) is 0 Å². The number of hydrogen-bond donors (Lipinski definition) is 0. The van der Waals surface area contributed by atoms with Gasteiger partial charge in [0.2, 0.25) is 0 Å². The van der Waals surface area contributed by atoms with Crippen molar-refractivity contribution in [3.8, 4) is 28.4 Å². The number of rotatable bonds is 4. The Balaban J connectivity index is 0.00000374. The van der Waals surface area contributed by atoms with Gasteiger partial charge in [-0.15, -0.1) is 35.9 Å². The zero-order valence-electron chi connectivity index (χ0n) is 29.4.